The fraction of sp³-hybridized carbons (Fsp3) is 0.368. The lowest BCUT2D eigenvalue weighted by Crippen LogP contribution is -2.28. The topological polar surface area (TPSA) is 92.6 Å². The predicted molar refractivity (Wildman–Crippen MR) is 94.6 cm³/mol. The molecule has 1 N–H and O–H groups in total. The van der Waals surface area contributed by atoms with Crippen LogP contribution >= 0.6 is 0 Å². The van der Waals surface area contributed by atoms with Crippen molar-refractivity contribution in [3.63, 3.8) is 0 Å². The van der Waals surface area contributed by atoms with Crippen LogP contribution in [0.3, 0.4) is 0 Å². The predicted octanol–water partition coefficient (Wildman–Crippen LogP) is 3.23. The Morgan fingerprint density at radius 3 is 2.75 bits per heavy atom. The maximum absolute atomic E-state index is 13.0. The first kappa shape index (κ1) is 19.7. The summed E-state index contributed by atoms with van der Waals surface area (Å²) in [5, 5.41) is 9.28. The molecule has 0 bridgehead atoms. The summed E-state index contributed by atoms with van der Waals surface area (Å²) in [7, 11) is 0. The first-order chi connectivity index (χ1) is 13.1. The number of aromatic carboxylic acids is 1. The number of nitrogens with zero attached hydrogens (tertiary/aromatic N) is 3. The molecule has 2 aromatic heterocycles. The molecule has 9 heteroatoms. The average molecular weight is 391 g/mol. The number of fused-ring (bicyclic) bond motifs is 1. The number of carbonyl (C=O) groups excluding carboxylic acids is 1. The molecule has 7 nitrogen and oxygen atoms in total. The monoisotopic (exact) mass is 391 g/mol. The minimum atomic E-state index is -2.96. The van der Waals surface area contributed by atoms with Gasteiger partial charge in [-0.3, -0.25) is 9.78 Å². The van der Waals surface area contributed by atoms with Crippen LogP contribution in [0.1, 0.15) is 57.6 Å². The quantitative estimate of drug-likeness (QED) is 0.813. The number of hydrogen-bond acceptors (Lipinski definition) is 5. The number of halogens is 2. The lowest BCUT2D eigenvalue weighted by molar-refractivity contribution is -0.0232. The smallest absolute Gasteiger partial charge is 0.354 e. The second-order valence-corrected chi connectivity index (χ2v) is 6.83. The molecule has 0 aromatic carbocycles. The molecular formula is C19H19F2N3O4. The van der Waals surface area contributed by atoms with Gasteiger partial charge in [-0.25, -0.2) is 18.6 Å². The van der Waals surface area contributed by atoms with Crippen LogP contribution in [0.5, 0.6) is 5.75 Å². The Morgan fingerprint density at radius 2 is 2.14 bits per heavy atom. The third-order valence-electron chi connectivity index (χ3n) is 4.54. The van der Waals surface area contributed by atoms with E-state index in [-0.39, 0.29) is 23.9 Å². The van der Waals surface area contributed by atoms with E-state index in [2.05, 4.69) is 9.97 Å². The fourth-order valence-corrected chi connectivity index (χ4v) is 3.06. The largest absolute Gasteiger partial charge is 0.485 e. The van der Waals surface area contributed by atoms with E-state index in [0.717, 1.165) is 6.92 Å². The Kier molecular flexibility index (Phi) is 5.01. The number of carbonyl (C=O) groups is 2. The summed E-state index contributed by atoms with van der Waals surface area (Å²) in [6, 6.07) is 2.71. The van der Waals surface area contributed by atoms with E-state index in [1.165, 1.54) is 23.4 Å². The van der Waals surface area contributed by atoms with E-state index >= 15 is 0 Å². The van der Waals surface area contributed by atoms with Crippen LogP contribution in [0.25, 0.3) is 0 Å². The van der Waals surface area contributed by atoms with E-state index in [1.54, 1.807) is 19.9 Å². The Balaban J connectivity index is 1.82. The fourth-order valence-electron chi connectivity index (χ4n) is 3.06. The molecule has 0 radical (unpaired) electrons. The van der Waals surface area contributed by atoms with Crippen molar-refractivity contribution in [1.82, 2.24) is 14.9 Å². The molecule has 3 heterocycles. The Hall–Kier alpha value is -3.10. The minimum Gasteiger partial charge on any atom is -0.485 e. The Morgan fingerprint density at radius 1 is 1.43 bits per heavy atom. The highest BCUT2D eigenvalue weighted by molar-refractivity contribution is 6.01. The summed E-state index contributed by atoms with van der Waals surface area (Å²) in [4.78, 5) is 33.7. The van der Waals surface area contributed by atoms with Gasteiger partial charge in [0.25, 0.3) is 11.8 Å². The first-order valence-electron chi connectivity index (χ1n) is 8.58. The molecule has 28 heavy (non-hydrogen) atoms. The van der Waals surface area contributed by atoms with Crippen molar-refractivity contribution >= 4 is 11.9 Å². The van der Waals surface area contributed by atoms with Crippen LogP contribution in [0.2, 0.25) is 0 Å². The number of amides is 1. The number of alkyl halides is 2. The molecule has 0 aliphatic carbocycles. The number of carboxylic acid groups (broad SMARTS) is 1. The third-order valence-corrected chi connectivity index (χ3v) is 4.54. The Bertz CT molecular complexity index is 943. The van der Waals surface area contributed by atoms with Crippen molar-refractivity contribution in [2.45, 2.75) is 39.3 Å². The van der Waals surface area contributed by atoms with Crippen molar-refractivity contribution in [1.29, 1.82) is 0 Å². The third kappa shape index (κ3) is 3.78. The highest BCUT2D eigenvalue weighted by atomic mass is 19.3. The van der Waals surface area contributed by atoms with Gasteiger partial charge in [-0.1, -0.05) is 0 Å². The van der Waals surface area contributed by atoms with Gasteiger partial charge in [0.2, 0.25) is 0 Å². The van der Waals surface area contributed by atoms with Gasteiger partial charge in [0.15, 0.2) is 12.3 Å². The van der Waals surface area contributed by atoms with E-state index in [4.69, 9.17) is 4.74 Å². The summed E-state index contributed by atoms with van der Waals surface area (Å²) in [6.45, 7) is 3.58. The lowest BCUT2D eigenvalue weighted by atomic mass is 10.1. The van der Waals surface area contributed by atoms with E-state index < -0.39 is 24.5 Å². The summed E-state index contributed by atoms with van der Waals surface area (Å²) >= 11 is 0. The van der Waals surface area contributed by atoms with Gasteiger partial charge in [0.1, 0.15) is 5.75 Å². The summed E-state index contributed by atoms with van der Waals surface area (Å²) in [6.07, 6.45) is 2.65. The summed E-state index contributed by atoms with van der Waals surface area (Å²) < 4.78 is 31.1. The molecule has 3 rings (SSSR count). The SMILES string of the molecule is Cc1cc(C(C)N2Cc3c(ccnc3C(=O)O)C2=O)ncc1OCC(C)(F)F. The maximum Gasteiger partial charge on any atom is 0.354 e. The van der Waals surface area contributed by atoms with Crippen molar-refractivity contribution in [3.05, 3.63) is 52.6 Å². The highest BCUT2D eigenvalue weighted by Crippen LogP contribution is 2.33. The van der Waals surface area contributed by atoms with E-state index in [0.29, 0.717) is 22.4 Å². The molecule has 1 aliphatic rings. The Labute approximate surface area is 160 Å². The van der Waals surface area contributed by atoms with Gasteiger partial charge in [-0.2, -0.15) is 0 Å². The second-order valence-electron chi connectivity index (χ2n) is 6.83. The number of aryl methyl sites for hydroxylation is 1. The van der Waals surface area contributed by atoms with Crippen LogP contribution in [-0.2, 0) is 6.54 Å². The molecule has 0 saturated heterocycles. The average Bonchev–Trinajstić information content (AvgIpc) is 2.96. The van der Waals surface area contributed by atoms with Crippen molar-refractivity contribution in [2.24, 2.45) is 0 Å². The van der Waals surface area contributed by atoms with Crippen molar-refractivity contribution < 1.29 is 28.2 Å². The highest BCUT2D eigenvalue weighted by Gasteiger charge is 2.35. The van der Waals surface area contributed by atoms with Crippen LogP contribution in [0, 0.1) is 6.92 Å². The van der Waals surface area contributed by atoms with Gasteiger partial charge in [-0.15, -0.1) is 0 Å². The van der Waals surface area contributed by atoms with Gasteiger partial charge >= 0.3 is 5.97 Å². The number of rotatable bonds is 6. The molecule has 1 aliphatic heterocycles. The lowest BCUT2D eigenvalue weighted by Gasteiger charge is -2.24. The molecular weight excluding hydrogens is 372 g/mol. The summed E-state index contributed by atoms with van der Waals surface area (Å²) in [5.74, 6) is -4.21. The number of carboxylic acids is 1. The zero-order valence-electron chi connectivity index (χ0n) is 15.6. The van der Waals surface area contributed by atoms with Crippen LogP contribution in [0.15, 0.2) is 24.5 Å². The maximum atomic E-state index is 13.0. The van der Waals surface area contributed by atoms with Crippen molar-refractivity contribution in [2.75, 3.05) is 6.61 Å². The first-order valence-corrected chi connectivity index (χ1v) is 8.58. The van der Waals surface area contributed by atoms with Crippen LogP contribution in [0.4, 0.5) is 8.78 Å². The van der Waals surface area contributed by atoms with E-state index in [1.807, 2.05) is 0 Å². The number of ether oxygens (including phenoxy) is 1. The zero-order chi connectivity index (χ0) is 20.6. The van der Waals surface area contributed by atoms with Gasteiger partial charge in [0, 0.05) is 30.8 Å². The second kappa shape index (κ2) is 7.14. The molecule has 1 atom stereocenters. The normalized spacial score (nSPS) is 14.8. The number of aromatic nitrogens is 2. The number of hydrogen-bond donors (Lipinski definition) is 1. The van der Waals surface area contributed by atoms with Gasteiger partial charge in [0.05, 0.1) is 17.9 Å². The van der Waals surface area contributed by atoms with Crippen LogP contribution < -0.4 is 4.74 Å². The van der Waals surface area contributed by atoms with Crippen LogP contribution in [-0.4, -0.2) is 44.4 Å². The van der Waals surface area contributed by atoms with E-state index in [9.17, 15) is 23.5 Å². The summed E-state index contributed by atoms with van der Waals surface area (Å²) in [5.41, 5.74) is 1.68. The molecule has 1 unspecified atom stereocenters. The number of pyridine rings is 2. The minimum absolute atomic E-state index is 0.103. The van der Waals surface area contributed by atoms with Crippen molar-refractivity contribution in [3.8, 4) is 5.75 Å². The molecule has 0 spiro atoms. The standard InChI is InChI=1S/C19H19F2N3O4/c1-10-6-14(23-7-15(10)28-9-19(3,20)21)11(2)24-8-13-12(17(24)25)4-5-22-16(13)18(26)27/h4-7,11H,8-9H2,1-3H3,(H,26,27). The molecule has 0 saturated carbocycles. The molecule has 2 aromatic rings. The molecule has 1 amide bonds. The van der Waals surface area contributed by atoms with Gasteiger partial charge < -0.3 is 14.7 Å². The zero-order valence-corrected chi connectivity index (χ0v) is 15.6. The molecule has 148 valence electrons. The molecule has 0 fully saturated rings. The van der Waals surface area contributed by atoms with Gasteiger partial charge in [-0.05, 0) is 31.5 Å².